The first-order chi connectivity index (χ1) is 7.58. The first-order valence-electron chi connectivity index (χ1n) is 5.64. The first kappa shape index (κ1) is 16.0. The van der Waals surface area contributed by atoms with Crippen LogP contribution in [0.3, 0.4) is 0 Å². The molecule has 0 fully saturated rings. The minimum absolute atomic E-state index is 0. The van der Waals surface area contributed by atoms with E-state index in [1.807, 2.05) is 0 Å². The average molecular weight is 268 g/mol. The van der Waals surface area contributed by atoms with E-state index in [2.05, 4.69) is 76.2 Å². The summed E-state index contributed by atoms with van der Waals surface area (Å²) in [6.07, 6.45) is 0. The maximum absolute atomic E-state index is 2.12. The van der Waals surface area contributed by atoms with Crippen molar-refractivity contribution in [2.24, 2.45) is 0 Å². The number of benzene rings is 2. The molecule has 92 valence electrons. The molecule has 1 heteroatoms. The standard InChI is InChI=1S/2C8H10.Fe/c2*1-7-3-5-8(2)6-4-7;/h2*3-6H,1-2H3;. The SMILES string of the molecule is Cc1ccc(C)cc1.Cc1ccc(C)cc1.[Fe]. The zero-order chi connectivity index (χ0) is 12.0. The Balaban J connectivity index is 0.000000284. The molecule has 2 aromatic rings. The molecule has 0 N–H and O–H groups in total. The van der Waals surface area contributed by atoms with Crippen LogP contribution in [0.2, 0.25) is 0 Å². The Bertz CT molecular complexity index is 327. The second-order valence-electron chi connectivity index (χ2n) is 4.31. The summed E-state index contributed by atoms with van der Waals surface area (Å²) in [7, 11) is 0. The summed E-state index contributed by atoms with van der Waals surface area (Å²) in [5.74, 6) is 0. The first-order valence-corrected chi connectivity index (χ1v) is 5.64. The van der Waals surface area contributed by atoms with Gasteiger partial charge in [0, 0.05) is 17.1 Å². The summed E-state index contributed by atoms with van der Waals surface area (Å²) in [6, 6.07) is 17.0. The molecule has 0 heterocycles. The van der Waals surface area contributed by atoms with Gasteiger partial charge in [0.2, 0.25) is 0 Å². The Morgan fingerprint density at radius 1 is 0.412 bits per heavy atom. The topological polar surface area (TPSA) is 0 Å². The molecule has 0 bridgehead atoms. The summed E-state index contributed by atoms with van der Waals surface area (Å²) in [4.78, 5) is 0. The number of hydrogen-bond acceptors (Lipinski definition) is 0. The van der Waals surface area contributed by atoms with Crippen LogP contribution in [0.4, 0.5) is 0 Å². The third-order valence-electron chi connectivity index (χ3n) is 2.44. The fourth-order valence-electron chi connectivity index (χ4n) is 1.27. The molecule has 2 aromatic carbocycles. The quantitative estimate of drug-likeness (QED) is 0.612. The Morgan fingerprint density at radius 3 is 0.647 bits per heavy atom. The molecule has 0 spiro atoms. The maximum atomic E-state index is 2.12. The van der Waals surface area contributed by atoms with Crippen LogP contribution >= 0.6 is 0 Å². The molecule has 0 unspecified atom stereocenters. The molecule has 0 aromatic heterocycles. The van der Waals surface area contributed by atoms with Crippen LogP contribution in [0.25, 0.3) is 0 Å². The van der Waals surface area contributed by atoms with Crippen molar-refractivity contribution in [3.63, 3.8) is 0 Å². The van der Waals surface area contributed by atoms with Crippen molar-refractivity contribution >= 4 is 0 Å². The van der Waals surface area contributed by atoms with Crippen LogP contribution in [-0.2, 0) is 17.1 Å². The van der Waals surface area contributed by atoms with Crippen LogP contribution in [-0.4, -0.2) is 0 Å². The Kier molecular flexibility index (Phi) is 7.61. The summed E-state index contributed by atoms with van der Waals surface area (Å²) < 4.78 is 0. The van der Waals surface area contributed by atoms with Gasteiger partial charge >= 0.3 is 0 Å². The second-order valence-corrected chi connectivity index (χ2v) is 4.31. The van der Waals surface area contributed by atoms with Crippen LogP contribution in [0.1, 0.15) is 22.3 Å². The molecule has 0 nitrogen and oxygen atoms in total. The normalized spacial score (nSPS) is 8.71. The molecule has 0 saturated heterocycles. The van der Waals surface area contributed by atoms with E-state index in [1.54, 1.807) is 0 Å². The Hall–Kier alpha value is -1.04. The van der Waals surface area contributed by atoms with Gasteiger partial charge in [-0.25, -0.2) is 0 Å². The van der Waals surface area contributed by atoms with Crippen molar-refractivity contribution in [2.45, 2.75) is 27.7 Å². The van der Waals surface area contributed by atoms with E-state index in [0.717, 1.165) is 0 Å². The molecule has 0 aliphatic rings. The average Bonchev–Trinajstić information content (AvgIpc) is 2.28. The predicted molar refractivity (Wildman–Crippen MR) is 71.8 cm³/mol. The van der Waals surface area contributed by atoms with Gasteiger partial charge in [-0.2, -0.15) is 0 Å². The molecular formula is C16H20Fe. The second kappa shape index (κ2) is 8.11. The number of hydrogen-bond donors (Lipinski definition) is 0. The molecule has 0 saturated carbocycles. The van der Waals surface area contributed by atoms with E-state index >= 15 is 0 Å². The van der Waals surface area contributed by atoms with Gasteiger partial charge in [0.15, 0.2) is 0 Å². The van der Waals surface area contributed by atoms with Gasteiger partial charge in [0.05, 0.1) is 0 Å². The van der Waals surface area contributed by atoms with Gasteiger partial charge in [0.25, 0.3) is 0 Å². The molecule has 0 radical (unpaired) electrons. The minimum atomic E-state index is 0. The Morgan fingerprint density at radius 2 is 0.529 bits per heavy atom. The van der Waals surface area contributed by atoms with Crippen LogP contribution in [0.5, 0.6) is 0 Å². The largest absolute Gasteiger partial charge is 0.0591 e. The van der Waals surface area contributed by atoms with Crippen molar-refractivity contribution in [1.29, 1.82) is 0 Å². The number of rotatable bonds is 0. The van der Waals surface area contributed by atoms with E-state index in [0.29, 0.717) is 0 Å². The fourth-order valence-corrected chi connectivity index (χ4v) is 1.27. The van der Waals surface area contributed by atoms with Crippen molar-refractivity contribution in [3.05, 3.63) is 70.8 Å². The third-order valence-corrected chi connectivity index (χ3v) is 2.44. The molecule has 0 aliphatic heterocycles. The third kappa shape index (κ3) is 6.99. The molecule has 17 heavy (non-hydrogen) atoms. The van der Waals surface area contributed by atoms with Gasteiger partial charge < -0.3 is 0 Å². The van der Waals surface area contributed by atoms with Crippen LogP contribution in [0, 0.1) is 27.7 Å². The van der Waals surface area contributed by atoms with E-state index < -0.39 is 0 Å². The number of aryl methyl sites for hydroxylation is 4. The maximum Gasteiger partial charge on any atom is 0 e. The van der Waals surface area contributed by atoms with Gasteiger partial charge in [-0.1, -0.05) is 70.8 Å². The van der Waals surface area contributed by atoms with Crippen LogP contribution in [0.15, 0.2) is 48.5 Å². The van der Waals surface area contributed by atoms with Gasteiger partial charge in [-0.3, -0.25) is 0 Å². The van der Waals surface area contributed by atoms with Gasteiger partial charge in [0.1, 0.15) is 0 Å². The predicted octanol–water partition coefficient (Wildman–Crippen LogP) is 4.60. The van der Waals surface area contributed by atoms with E-state index in [4.69, 9.17) is 0 Å². The van der Waals surface area contributed by atoms with Crippen molar-refractivity contribution in [3.8, 4) is 0 Å². The summed E-state index contributed by atoms with van der Waals surface area (Å²) >= 11 is 0. The summed E-state index contributed by atoms with van der Waals surface area (Å²) in [5.41, 5.74) is 5.32. The van der Waals surface area contributed by atoms with Crippen molar-refractivity contribution < 1.29 is 17.1 Å². The Labute approximate surface area is 116 Å². The summed E-state index contributed by atoms with van der Waals surface area (Å²) in [6.45, 7) is 8.39. The van der Waals surface area contributed by atoms with E-state index in [1.165, 1.54) is 22.3 Å². The van der Waals surface area contributed by atoms with Gasteiger partial charge in [-0.15, -0.1) is 0 Å². The molecule has 2 rings (SSSR count). The summed E-state index contributed by atoms with van der Waals surface area (Å²) in [5, 5.41) is 0. The van der Waals surface area contributed by atoms with E-state index in [-0.39, 0.29) is 17.1 Å². The molecule has 0 amide bonds. The van der Waals surface area contributed by atoms with E-state index in [9.17, 15) is 0 Å². The molecule has 0 atom stereocenters. The zero-order valence-corrected chi connectivity index (χ0v) is 12.1. The zero-order valence-electron chi connectivity index (χ0n) is 11.0. The smallest absolute Gasteiger partial charge is 0 e. The van der Waals surface area contributed by atoms with Crippen molar-refractivity contribution in [1.82, 2.24) is 0 Å². The molecule has 0 aliphatic carbocycles. The van der Waals surface area contributed by atoms with Crippen molar-refractivity contribution in [2.75, 3.05) is 0 Å². The van der Waals surface area contributed by atoms with Gasteiger partial charge in [-0.05, 0) is 27.7 Å². The van der Waals surface area contributed by atoms with Crippen LogP contribution < -0.4 is 0 Å². The molecular weight excluding hydrogens is 248 g/mol. The monoisotopic (exact) mass is 268 g/mol. The fraction of sp³-hybridized carbons (Fsp3) is 0.250. The minimum Gasteiger partial charge on any atom is -0.0591 e.